The van der Waals surface area contributed by atoms with Crippen LogP contribution in [-0.2, 0) is 4.79 Å². The van der Waals surface area contributed by atoms with Gasteiger partial charge in [0, 0.05) is 21.8 Å². The lowest BCUT2D eigenvalue weighted by Crippen LogP contribution is -2.04. The summed E-state index contributed by atoms with van der Waals surface area (Å²) < 4.78 is 0. The van der Waals surface area contributed by atoms with Crippen LogP contribution in [0.5, 0.6) is 0 Å². The van der Waals surface area contributed by atoms with Crippen molar-refractivity contribution in [1.82, 2.24) is 0 Å². The molecule has 0 aliphatic carbocycles. The summed E-state index contributed by atoms with van der Waals surface area (Å²) in [5.41, 5.74) is 0. The second kappa shape index (κ2) is 3.30. The molecule has 2 atom stereocenters. The maximum absolute atomic E-state index is 11.3. The van der Waals surface area contributed by atoms with E-state index in [0.29, 0.717) is 22.7 Å². The Morgan fingerprint density at radius 2 is 2.42 bits per heavy atom. The predicted octanol–water partition coefficient (Wildman–Crippen LogP) is 2.59. The van der Waals surface area contributed by atoms with E-state index in [0.717, 1.165) is 4.91 Å². The van der Waals surface area contributed by atoms with E-state index in [1.165, 1.54) is 0 Å². The fourth-order valence-corrected chi connectivity index (χ4v) is 3.92. The summed E-state index contributed by atoms with van der Waals surface area (Å²) in [5.74, 6) is 0.295. The number of allylic oxidation sites excluding steroid dienone is 1. The molecule has 2 aliphatic heterocycles. The van der Waals surface area contributed by atoms with Crippen molar-refractivity contribution < 1.29 is 4.79 Å². The summed E-state index contributed by atoms with van der Waals surface area (Å²) in [5, 5.41) is 3.19. The number of thioether (sulfide) groups is 2. The highest BCUT2D eigenvalue weighted by Crippen LogP contribution is 2.44. The van der Waals surface area contributed by atoms with Gasteiger partial charge in [0.25, 0.3) is 0 Å². The Hall–Kier alpha value is -0.150. The van der Waals surface area contributed by atoms with Gasteiger partial charge in [0.15, 0.2) is 5.78 Å². The average molecular weight is 198 g/mol. The third-order valence-electron chi connectivity index (χ3n) is 2.00. The van der Waals surface area contributed by atoms with Gasteiger partial charge < -0.3 is 0 Å². The van der Waals surface area contributed by atoms with Crippen molar-refractivity contribution >= 4 is 29.3 Å². The van der Waals surface area contributed by atoms with E-state index in [2.05, 4.69) is 17.6 Å². The lowest BCUT2D eigenvalue weighted by atomic mass is 10.2. The van der Waals surface area contributed by atoms with Crippen LogP contribution in [-0.4, -0.2) is 16.3 Å². The molecule has 2 unspecified atom stereocenters. The van der Waals surface area contributed by atoms with Crippen molar-refractivity contribution in [3.63, 3.8) is 0 Å². The summed E-state index contributed by atoms with van der Waals surface area (Å²) in [4.78, 5) is 12.3. The minimum atomic E-state index is 0.295. The molecule has 0 saturated carbocycles. The molecule has 12 heavy (non-hydrogen) atoms. The molecule has 0 saturated heterocycles. The van der Waals surface area contributed by atoms with E-state index in [9.17, 15) is 4.79 Å². The van der Waals surface area contributed by atoms with E-state index in [1.54, 1.807) is 11.8 Å². The van der Waals surface area contributed by atoms with Crippen LogP contribution in [0.3, 0.4) is 0 Å². The minimum Gasteiger partial charge on any atom is -0.294 e. The molecule has 0 aromatic rings. The third-order valence-corrected chi connectivity index (χ3v) is 4.57. The first-order valence-electron chi connectivity index (χ1n) is 4.05. The highest BCUT2D eigenvalue weighted by Gasteiger charge is 2.31. The van der Waals surface area contributed by atoms with Gasteiger partial charge in [-0.3, -0.25) is 4.79 Å². The molecule has 0 aromatic heterocycles. The first-order chi connectivity index (χ1) is 5.81. The lowest BCUT2D eigenvalue weighted by molar-refractivity contribution is -0.114. The Morgan fingerprint density at radius 1 is 1.58 bits per heavy atom. The highest BCUT2D eigenvalue weighted by molar-refractivity contribution is 8.09. The quantitative estimate of drug-likeness (QED) is 0.679. The standard InChI is InChI=1S/C9H10OS2/c1-2-6(10)8-5-9-7(12-8)3-4-11-9/h3-5,7,9H,2H2,1H3. The van der Waals surface area contributed by atoms with E-state index in [1.807, 2.05) is 18.7 Å². The molecule has 0 bridgehead atoms. The van der Waals surface area contributed by atoms with Crippen molar-refractivity contribution in [3.8, 4) is 0 Å². The van der Waals surface area contributed by atoms with E-state index in [4.69, 9.17) is 0 Å². The first-order valence-corrected chi connectivity index (χ1v) is 5.87. The lowest BCUT2D eigenvalue weighted by Gasteiger charge is -2.03. The molecular weight excluding hydrogens is 188 g/mol. The molecule has 1 nitrogen and oxygen atoms in total. The fourth-order valence-electron chi connectivity index (χ4n) is 1.31. The molecule has 2 aliphatic rings. The summed E-state index contributed by atoms with van der Waals surface area (Å²) in [7, 11) is 0. The SMILES string of the molecule is CCC(=O)C1=CC2SC=CC2S1. The van der Waals surface area contributed by atoms with Crippen molar-refractivity contribution in [2.24, 2.45) is 0 Å². The Labute approximate surface area is 80.7 Å². The van der Waals surface area contributed by atoms with Crippen LogP contribution in [0.15, 0.2) is 22.5 Å². The van der Waals surface area contributed by atoms with Gasteiger partial charge in [-0.1, -0.05) is 19.1 Å². The molecule has 0 spiro atoms. The van der Waals surface area contributed by atoms with Crippen molar-refractivity contribution in [2.75, 3.05) is 0 Å². The molecule has 0 fully saturated rings. The van der Waals surface area contributed by atoms with Gasteiger partial charge in [0.2, 0.25) is 0 Å². The number of ketones is 1. The minimum absolute atomic E-state index is 0.295. The van der Waals surface area contributed by atoms with Gasteiger partial charge in [0.1, 0.15) is 0 Å². The number of Topliss-reactive ketones (excluding diaryl/α,β-unsaturated/α-hetero) is 1. The maximum atomic E-state index is 11.3. The Balaban J connectivity index is 2.09. The predicted molar refractivity (Wildman–Crippen MR) is 55.3 cm³/mol. The number of rotatable bonds is 2. The number of hydrogen-bond donors (Lipinski definition) is 0. The van der Waals surface area contributed by atoms with Gasteiger partial charge in [0.05, 0.1) is 0 Å². The Bertz CT molecular complexity index is 268. The smallest absolute Gasteiger partial charge is 0.168 e. The molecule has 0 N–H and O–H groups in total. The van der Waals surface area contributed by atoms with Crippen LogP contribution in [0, 0.1) is 0 Å². The second-order valence-corrected chi connectivity index (χ2v) is 5.13. The number of fused-ring (bicyclic) bond motifs is 1. The Morgan fingerprint density at radius 3 is 3.08 bits per heavy atom. The monoisotopic (exact) mass is 198 g/mol. The number of hydrogen-bond acceptors (Lipinski definition) is 3. The van der Waals surface area contributed by atoms with E-state index < -0.39 is 0 Å². The zero-order chi connectivity index (χ0) is 8.55. The summed E-state index contributed by atoms with van der Waals surface area (Å²) in [6.07, 6.45) is 4.94. The maximum Gasteiger partial charge on any atom is 0.168 e. The van der Waals surface area contributed by atoms with Crippen LogP contribution < -0.4 is 0 Å². The number of carbonyl (C=O) groups is 1. The number of carbonyl (C=O) groups excluding carboxylic acids is 1. The normalized spacial score (nSPS) is 31.9. The second-order valence-electron chi connectivity index (χ2n) is 2.82. The first kappa shape index (κ1) is 8.45. The third kappa shape index (κ3) is 1.36. The van der Waals surface area contributed by atoms with Crippen LogP contribution in [0.4, 0.5) is 0 Å². The fraction of sp³-hybridized carbons (Fsp3) is 0.444. The molecule has 3 heteroatoms. The van der Waals surface area contributed by atoms with Crippen LogP contribution >= 0.6 is 23.5 Å². The topological polar surface area (TPSA) is 17.1 Å². The van der Waals surface area contributed by atoms with Crippen LogP contribution in [0.2, 0.25) is 0 Å². The van der Waals surface area contributed by atoms with Crippen molar-refractivity contribution in [1.29, 1.82) is 0 Å². The molecule has 64 valence electrons. The molecule has 2 rings (SSSR count). The zero-order valence-corrected chi connectivity index (χ0v) is 8.45. The Kier molecular flexibility index (Phi) is 2.33. The molecule has 2 heterocycles. The van der Waals surface area contributed by atoms with Gasteiger partial charge >= 0.3 is 0 Å². The van der Waals surface area contributed by atoms with E-state index >= 15 is 0 Å². The van der Waals surface area contributed by atoms with Gasteiger partial charge in [-0.2, -0.15) is 0 Å². The van der Waals surface area contributed by atoms with Crippen LogP contribution in [0.25, 0.3) is 0 Å². The largest absolute Gasteiger partial charge is 0.294 e. The van der Waals surface area contributed by atoms with Gasteiger partial charge in [-0.15, -0.1) is 23.5 Å². The van der Waals surface area contributed by atoms with Gasteiger partial charge in [-0.05, 0) is 5.41 Å². The highest BCUT2D eigenvalue weighted by atomic mass is 32.2. The summed E-state index contributed by atoms with van der Waals surface area (Å²) in [6.45, 7) is 1.92. The van der Waals surface area contributed by atoms with Crippen LogP contribution in [0.1, 0.15) is 13.3 Å². The molecule has 0 amide bonds. The molecule has 0 radical (unpaired) electrons. The summed E-state index contributed by atoms with van der Waals surface area (Å²) >= 11 is 3.53. The van der Waals surface area contributed by atoms with Crippen molar-refractivity contribution in [2.45, 2.75) is 23.8 Å². The van der Waals surface area contributed by atoms with E-state index in [-0.39, 0.29) is 0 Å². The van der Waals surface area contributed by atoms with Crippen molar-refractivity contribution in [3.05, 3.63) is 22.5 Å². The zero-order valence-electron chi connectivity index (χ0n) is 6.82. The summed E-state index contributed by atoms with van der Waals surface area (Å²) in [6, 6.07) is 0. The van der Waals surface area contributed by atoms with Gasteiger partial charge in [-0.25, -0.2) is 0 Å². The average Bonchev–Trinajstić information content (AvgIpc) is 2.60. The molecular formula is C9H10OS2. The molecule has 0 aromatic carbocycles.